The molecule has 2 rings (SSSR count). The van der Waals surface area contributed by atoms with Crippen molar-refractivity contribution in [3.8, 4) is 0 Å². The highest BCUT2D eigenvalue weighted by atomic mass is 31.1. The minimum atomic E-state index is -1.57. The normalized spacial score (nSPS) is 12.8. The lowest BCUT2D eigenvalue weighted by Crippen LogP contribution is -2.17. The maximum atomic E-state index is 13.0. The minimum absolute atomic E-state index is 0.0298. The summed E-state index contributed by atoms with van der Waals surface area (Å²) in [6.07, 6.45) is 0.834. The predicted octanol–water partition coefficient (Wildman–Crippen LogP) is 4.79. The fraction of sp³-hybridized carbons (Fsp3) is 0.316. The van der Waals surface area contributed by atoms with Gasteiger partial charge in [0, 0.05) is 5.56 Å². The summed E-state index contributed by atoms with van der Waals surface area (Å²) >= 11 is 0. The molecule has 0 saturated heterocycles. The molecule has 0 bridgehead atoms. The third-order valence-corrected chi connectivity index (χ3v) is 6.12. The van der Waals surface area contributed by atoms with Crippen LogP contribution in [0.4, 0.5) is 0 Å². The second-order valence-corrected chi connectivity index (χ2v) is 7.71. The Balaban J connectivity index is 2.54. The van der Waals surface area contributed by atoms with E-state index in [4.69, 9.17) is 0 Å². The highest BCUT2D eigenvalue weighted by molar-refractivity contribution is 7.54. The molecule has 0 heterocycles. The van der Waals surface area contributed by atoms with E-state index in [1.165, 1.54) is 0 Å². The summed E-state index contributed by atoms with van der Waals surface area (Å²) in [5.41, 5.74) is 3.28. The van der Waals surface area contributed by atoms with Gasteiger partial charge in [0.05, 0.1) is 5.56 Å². The summed E-state index contributed by atoms with van der Waals surface area (Å²) in [7, 11) is -1.57. The Kier molecular flexibility index (Phi) is 5.26. The van der Waals surface area contributed by atoms with Crippen LogP contribution in [0, 0.1) is 13.8 Å². The summed E-state index contributed by atoms with van der Waals surface area (Å²) < 4.78 is 12.7. The highest BCUT2D eigenvalue weighted by Gasteiger charge is 2.32. The molecule has 3 heteroatoms. The molecule has 0 radical (unpaired) electrons. The fourth-order valence-electron chi connectivity index (χ4n) is 2.57. The molecule has 2 aromatic carbocycles. The number of rotatable bonds is 5. The Labute approximate surface area is 133 Å². The van der Waals surface area contributed by atoms with E-state index in [2.05, 4.69) is 0 Å². The predicted molar refractivity (Wildman–Crippen MR) is 92.8 cm³/mol. The van der Waals surface area contributed by atoms with Gasteiger partial charge in [-0.3, -0.25) is 4.79 Å². The number of carbonyl (C=O) groups is 1. The molecular formula is C19H22O2P+. The lowest BCUT2D eigenvalue weighted by Gasteiger charge is -2.09. The SMILES string of the molecule is CCC(C)[P+](=O)c1ccccc1C(=O)c1c(C)cccc1C. The maximum Gasteiger partial charge on any atom is 0.380 e. The zero-order valence-corrected chi connectivity index (χ0v) is 14.5. The van der Waals surface area contributed by atoms with E-state index in [1.54, 1.807) is 6.07 Å². The van der Waals surface area contributed by atoms with Gasteiger partial charge in [0.25, 0.3) is 0 Å². The fourth-order valence-corrected chi connectivity index (χ4v) is 4.02. The second kappa shape index (κ2) is 6.98. The zero-order chi connectivity index (χ0) is 16.3. The van der Waals surface area contributed by atoms with E-state index in [1.807, 2.05) is 64.1 Å². The van der Waals surface area contributed by atoms with Crippen LogP contribution in [0.2, 0.25) is 0 Å². The second-order valence-electron chi connectivity index (χ2n) is 5.70. The first-order valence-corrected chi connectivity index (χ1v) is 8.96. The van der Waals surface area contributed by atoms with Gasteiger partial charge in [-0.1, -0.05) is 41.8 Å². The number of hydrogen-bond donors (Lipinski definition) is 0. The van der Waals surface area contributed by atoms with Crippen LogP contribution in [0.3, 0.4) is 0 Å². The van der Waals surface area contributed by atoms with Crippen LogP contribution in [0.5, 0.6) is 0 Å². The van der Waals surface area contributed by atoms with Gasteiger partial charge in [-0.05, 0) is 50.5 Å². The average molecular weight is 313 g/mol. The number of benzene rings is 2. The maximum absolute atomic E-state index is 13.0. The summed E-state index contributed by atoms with van der Waals surface area (Å²) in [6, 6.07) is 13.1. The van der Waals surface area contributed by atoms with Crippen molar-refractivity contribution in [2.75, 3.05) is 0 Å². The van der Waals surface area contributed by atoms with E-state index in [9.17, 15) is 9.36 Å². The van der Waals surface area contributed by atoms with E-state index >= 15 is 0 Å². The van der Waals surface area contributed by atoms with Gasteiger partial charge in [-0.25, -0.2) is 0 Å². The van der Waals surface area contributed by atoms with Crippen molar-refractivity contribution >= 4 is 18.9 Å². The Morgan fingerprint density at radius 1 is 1.05 bits per heavy atom. The van der Waals surface area contributed by atoms with Crippen LogP contribution in [0.25, 0.3) is 0 Å². The Morgan fingerprint density at radius 3 is 2.23 bits per heavy atom. The summed E-state index contributed by atoms with van der Waals surface area (Å²) in [5, 5.41) is 0.680. The quantitative estimate of drug-likeness (QED) is 0.588. The molecule has 0 aliphatic heterocycles. The van der Waals surface area contributed by atoms with Crippen LogP contribution in [-0.2, 0) is 4.57 Å². The Bertz CT molecular complexity index is 699. The first-order chi connectivity index (χ1) is 10.5. The highest BCUT2D eigenvalue weighted by Crippen LogP contribution is 2.31. The molecule has 0 saturated carbocycles. The first-order valence-electron chi connectivity index (χ1n) is 7.63. The number of hydrogen-bond acceptors (Lipinski definition) is 2. The van der Waals surface area contributed by atoms with Gasteiger partial charge in [-0.15, -0.1) is 0 Å². The van der Waals surface area contributed by atoms with Gasteiger partial charge in [0.15, 0.2) is 11.4 Å². The van der Waals surface area contributed by atoms with E-state index in [0.29, 0.717) is 10.9 Å². The van der Waals surface area contributed by atoms with Crippen molar-refractivity contribution in [1.82, 2.24) is 0 Å². The van der Waals surface area contributed by atoms with Crippen LogP contribution >= 0.6 is 7.80 Å². The topological polar surface area (TPSA) is 34.1 Å². The molecule has 0 aromatic heterocycles. The molecule has 2 aromatic rings. The summed E-state index contributed by atoms with van der Waals surface area (Å²) in [5.74, 6) is -0.0298. The van der Waals surface area contributed by atoms with Crippen molar-refractivity contribution in [2.24, 2.45) is 0 Å². The molecule has 0 N–H and O–H groups in total. The molecule has 2 nitrogen and oxygen atoms in total. The van der Waals surface area contributed by atoms with Gasteiger partial charge >= 0.3 is 7.80 Å². The third kappa shape index (κ3) is 3.18. The molecular weight excluding hydrogens is 291 g/mol. The van der Waals surface area contributed by atoms with Gasteiger partial charge in [0.2, 0.25) is 5.30 Å². The first kappa shape index (κ1) is 16.6. The lowest BCUT2D eigenvalue weighted by molar-refractivity contribution is 0.103. The third-order valence-electron chi connectivity index (χ3n) is 4.09. The molecule has 0 spiro atoms. The lowest BCUT2D eigenvalue weighted by atomic mass is 9.95. The smallest absolute Gasteiger partial charge is 0.288 e. The van der Waals surface area contributed by atoms with Crippen LogP contribution in [0.15, 0.2) is 42.5 Å². The van der Waals surface area contributed by atoms with Gasteiger partial charge < -0.3 is 0 Å². The number of ketones is 1. The van der Waals surface area contributed by atoms with Crippen molar-refractivity contribution in [1.29, 1.82) is 0 Å². The molecule has 0 amide bonds. The molecule has 2 unspecified atom stereocenters. The monoisotopic (exact) mass is 313 g/mol. The van der Waals surface area contributed by atoms with Crippen LogP contribution < -0.4 is 5.30 Å². The molecule has 2 atom stereocenters. The van der Waals surface area contributed by atoms with E-state index in [-0.39, 0.29) is 11.4 Å². The van der Waals surface area contributed by atoms with Crippen LogP contribution in [-0.4, -0.2) is 11.4 Å². The Hall–Kier alpha value is -1.79. The molecule has 0 aliphatic carbocycles. The number of aryl methyl sites for hydroxylation is 2. The summed E-state index contributed by atoms with van der Waals surface area (Å²) in [4.78, 5) is 13.0. The zero-order valence-electron chi connectivity index (χ0n) is 13.6. The van der Waals surface area contributed by atoms with Crippen molar-refractivity contribution < 1.29 is 9.36 Å². The molecule has 22 heavy (non-hydrogen) atoms. The van der Waals surface area contributed by atoms with E-state index < -0.39 is 7.80 Å². The minimum Gasteiger partial charge on any atom is -0.288 e. The number of carbonyl (C=O) groups excluding carboxylic acids is 1. The summed E-state index contributed by atoms with van der Waals surface area (Å²) in [6.45, 7) is 7.88. The average Bonchev–Trinajstić information content (AvgIpc) is 2.53. The van der Waals surface area contributed by atoms with Gasteiger partial charge in [-0.2, -0.15) is 0 Å². The van der Waals surface area contributed by atoms with Crippen LogP contribution in [0.1, 0.15) is 47.3 Å². The van der Waals surface area contributed by atoms with E-state index in [0.717, 1.165) is 23.1 Å². The van der Waals surface area contributed by atoms with Gasteiger partial charge in [0.1, 0.15) is 0 Å². The standard InChI is InChI=1S/C19H22O2P/c1-5-15(4)22(21)17-12-7-6-11-16(17)19(20)18-13(2)9-8-10-14(18)3/h6-12,15H,5H2,1-4H3/q+1. The molecule has 114 valence electrons. The van der Waals surface area contributed by atoms with Crippen molar-refractivity contribution in [3.05, 3.63) is 64.7 Å². The largest absolute Gasteiger partial charge is 0.380 e. The van der Waals surface area contributed by atoms with Crippen molar-refractivity contribution in [2.45, 2.75) is 39.8 Å². The Morgan fingerprint density at radius 2 is 1.64 bits per heavy atom. The molecule has 0 aliphatic rings. The van der Waals surface area contributed by atoms with Crippen molar-refractivity contribution in [3.63, 3.8) is 0 Å². The molecule has 0 fully saturated rings.